The van der Waals surface area contributed by atoms with Gasteiger partial charge in [0.15, 0.2) is 5.65 Å². The molecule has 2 N–H and O–H groups in total. The zero-order valence-electron chi connectivity index (χ0n) is 12.3. The molecule has 6 heteroatoms. The minimum atomic E-state index is -0.221. The molecule has 1 amide bonds. The van der Waals surface area contributed by atoms with Crippen LogP contribution in [0.3, 0.4) is 0 Å². The molecule has 0 saturated carbocycles. The molecule has 0 aliphatic heterocycles. The van der Waals surface area contributed by atoms with Crippen molar-refractivity contribution in [3.8, 4) is 5.75 Å². The van der Waals surface area contributed by atoms with E-state index >= 15 is 0 Å². The number of nitrogens with zero attached hydrogens (tertiary/aromatic N) is 2. The van der Waals surface area contributed by atoms with Crippen LogP contribution in [0.25, 0.3) is 11.2 Å². The number of fused-ring (bicyclic) bond motifs is 1. The summed E-state index contributed by atoms with van der Waals surface area (Å²) in [6, 6.07) is 8.98. The van der Waals surface area contributed by atoms with E-state index in [9.17, 15) is 4.79 Å². The van der Waals surface area contributed by atoms with Gasteiger partial charge in [0.25, 0.3) is 5.91 Å². The van der Waals surface area contributed by atoms with Crippen LogP contribution in [0.4, 0.5) is 5.69 Å². The Kier molecular flexibility index (Phi) is 3.74. The molecule has 6 nitrogen and oxygen atoms in total. The molecule has 22 heavy (non-hydrogen) atoms. The molecular weight excluding hydrogens is 280 g/mol. The maximum absolute atomic E-state index is 12.2. The fourth-order valence-electron chi connectivity index (χ4n) is 2.05. The van der Waals surface area contributed by atoms with Crippen molar-refractivity contribution in [1.29, 1.82) is 0 Å². The van der Waals surface area contributed by atoms with Crippen LogP contribution in [0.2, 0.25) is 0 Å². The largest absolute Gasteiger partial charge is 0.491 e. The predicted octanol–water partition coefficient (Wildman–Crippen LogP) is 3.00. The first-order valence-electron chi connectivity index (χ1n) is 6.99. The van der Waals surface area contributed by atoms with E-state index in [0.29, 0.717) is 16.9 Å². The van der Waals surface area contributed by atoms with Gasteiger partial charge in [-0.25, -0.2) is 9.97 Å². The lowest BCUT2D eigenvalue weighted by molar-refractivity contribution is 0.102. The van der Waals surface area contributed by atoms with E-state index in [2.05, 4.69) is 20.3 Å². The Morgan fingerprint density at radius 2 is 2.00 bits per heavy atom. The third-order valence-electron chi connectivity index (χ3n) is 3.02. The number of carbonyl (C=O) groups excluding carboxylic acids is 1. The van der Waals surface area contributed by atoms with Crippen molar-refractivity contribution >= 4 is 22.8 Å². The molecular formula is C16H16N4O2. The number of benzene rings is 1. The first-order chi connectivity index (χ1) is 10.6. The van der Waals surface area contributed by atoms with Gasteiger partial charge in [-0.2, -0.15) is 0 Å². The summed E-state index contributed by atoms with van der Waals surface area (Å²) in [5.41, 5.74) is 2.49. The zero-order valence-corrected chi connectivity index (χ0v) is 12.3. The molecule has 3 aromatic rings. The summed E-state index contributed by atoms with van der Waals surface area (Å²) in [7, 11) is 0. The Morgan fingerprint density at radius 3 is 2.73 bits per heavy atom. The lowest BCUT2D eigenvalue weighted by Crippen LogP contribution is -2.12. The lowest BCUT2D eigenvalue weighted by Gasteiger charge is -2.10. The Balaban J connectivity index is 1.73. The minimum Gasteiger partial charge on any atom is -0.491 e. The van der Waals surface area contributed by atoms with E-state index in [1.165, 1.54) is 6.20 Å². The van der Waals surface area contributed by atoms with Crippen LogP contribution in [-0.4, -0.2) is 27.0 Å². The number of imidazole rings is 1. The van der Waals surface area contributed by atoms with Crippen molar-refractivity contribution < 1.29 is 9.53 Å². The van der Waals surface area contributed by atoms with Gasteiger partial charge >= 0.3 is 0 Å². The molecule has 0 unspecified atom stereocenters. The molecule has 0 atom stereocenters. The molecule has 1 aromatic carbocycles. The second-order valence-electron chi connectivity index (χ2n) is 5.14. The van der Waals surface area contributed by atoms with Gasteiger partial charge in [-0.1, -0.05) is 0 Å². The summed E-state index contributed by atoms with van der Waals surface area (Å²) in [6.45, 7) is 3.93. The molecule has 0 radical (unpaired) electrons. The van der Waals surface area contributed by atoms with Crippen molar-refractivity contribution in [3.05, 3.63) is 48.4 Å². The van der Waals surface area contributed by atoms with E-state index in [-0.39, 0.29) is 12.0 Å². The molecule has 0 fully saturated rings. The molecule has 0 aliphatic rings. The highest BCUT2D eigenvalue weighted by Crippen LogP contribution is 2.18. The van der Waals surface area contributed by atoms with Crippen LogP contribution in [-0.2, 0) is 0 Å². The summed E-state index contributed by atoms with van der Waals surface area (Å²) in [5.74, 6) is 0.551. The number of hydrogen-bond acceptors (Lipinski definition) is 4. The highest BCUT2D eigenvalue weighted by Gasteiger charge is 2.09. The number of anilines is 1. The Labute approximate surface area is 127 Å². The highest BCUT2D eigenvalue weighted by atomic mass is 16.5. The topological polar surface area (TPSA) is 79.9 Å². The fraction of sp³-hybridized carbons (Fsp3) is 0.188. The second kappa shape index (κ2) is 5.85. The standard InChI is InChI=1S/C16H16N4O2/c1-10(2)22-13-5-3-12(4-6-13)20-16(21)11-7-14-15(17-8-11)19-9-18-14/h3-10H,1-2H3,(H,20,21)(H,17,18,19). The first-order valence-corrected chi connectivity index (χ1v) is 6.99. The number of carbonyl (C=O) groups is 1. The third kappa shape index (κ3) is 3.06. The van der Waals surface area contributed by atoms with E-state index in [4.69, 9.17) is 4.74 Å². The molecule has 2 aromatic heterocycles. The molecule has 112 valence electrons. The molecule has 0 saturated heterocycles. The summed E-state index contributed by atoms with van der Waals surface area (Å²) in [5, 5.41) is 2.83. The smallest absolute Gasteiger partial charge is 0.257 e. The summed E-state index contributed by atoms with van der Waals surface area (Å²) >= 11 is 0. The van der Waals surface area contributed by atoms with Gasteiger partial charge < -0.3 is 15.0 Å². The number of H-pyrrole nitrogens is 1. The van der Waals surface area contributed by atoms with Crippen molar-refractivity contribution in [2.24, 2.45) is 0 Å². The van der Waals surface area contributed by atoms with Crippen LogP contribution in [0.5, 0.6) is 5.75 Å². The van der Waals surface area contributed by atoms with Crippen LogP contribution in [0.1, 0.15) is 24.2 Å². The fourth-order valence-corrected chi connectivity index (χ4v) is 2.05. The van der Waals surface area contributed by atoms with Gasteiger partial charge in [0, 0.05) is 11.9 Å². The highest BCUT2D eigenvalue weighted by molar-refractivity contribution is 6.05. The number of pyridine rings is 1. The monoisotopic (exact) mass is 296 g/mol. The van der Waals surface area contributed by atoms with Gasteiger partial charge in [-0.15, -0.1) is 0 Å². The van der Waals surface area contributed by atoms with Crippen LogP contribution >= 0.6 is 0 Å². The summed E-state index contributed by atoms with van der Waals surface area (Å²) in [6.07, 6.45) is 3.18. The third-order valence-corrected chi connectivity index (χ3v) is 3.02. The number of ether oxygens (including phenoxy) is 1. The normalized spacial score (nSPS) is 10.9. The van der Waals surface area contributed by atoms with E-state index in [1.807, 2.05) is 26.0 Å². The van der Waals surface area contributed by atoms with E-state index in [0.717, 1.165) is 11.3 Å². The SMILES string of the molecule is CC(C)Oc1ccc(NC(=O)c2cnc3nc[nH]c3c2)cc1. The maximum atomic E-state index is 12.2. The van der Waals surface area contributed by atoms with Gasteiger partial charge in [-0.05, 0) is 44.2 Å². The van der Waals surface area contributed by atoms with Crippen molar-refractivity contribution in [2.75, 3.05) is 5.32 Å². The van der Waals surface area contributed by atoms with Crippen LogP contribution in [0, 0.1) is 0 Å². The molecule has 0 bridgehead atoms. The number of nitrogens with one attached hydrogen (secondary N) is 2. The summed E-state index contributed by atoms with van der Waals surface area (Å²) in [4.78, 5) is 23.3. The molecule has 0 spiro atoms. The zero-order chi connectivity index (χ0) is 15.5. The van der Waals surface area contributed by atoms with Gasteiger partial charge in [0.2, 0.25) is 0 Å². The number of aromatic amines is 1. The minimum absolute atomic E-state index is 0.118. The van der Waals surface area contributed by atoms with Gasteiger partial charge in [0.1, 0.15) is 5.75 Å². The van der Waals surface area contributed by atoms with Gasteiger partial charge in [-0.3, -0.25) is 4.79 Å². The van der Waals surface area contributed by atoms with Crippen LogP contribution < -0.4 is 10.1 Å². The molecule has 0 aliphatic carbocycles. The van der Waals surface area contributed by atoms with Crippen LogP contribution in [0.15, 0.2) is 42.9 Å². The Morgan fingerprint density at radius 1 is 1.23 bits per heavy atom. The summed E-state index contributed by atoms with van der Waals surface area (Å²) < 4.78 is 5.56. The quantitative estimate of drug-likeness (QED) is 0.775. The lowest BCUT2D eigenvalue weighted by atomic mass is 10.2. The van der Waals surface area contributed by atoms with Gasteiger partial charge in [0.05, 0.1) is 23.5 Å². The Hall–Kier alpha value is -2.89. The van der Waals surface area contributed by atoms with E-state index in [1.54, 1.807) is 24.5 Å². The average Bonchev–Trinajstić information content (AvgIpc) is 2.96. The number of rotatable bonds is 4. The van der Waals surface area contributed by atoms with Crippen molar-refractivity contribution in [2.45, 2.75) is 20.0 Å². The maximum Gasteiger partial charge on any atom is 0.257 e. The number of amides is 1. The first kappa shape index (κ1) is 14.1. The Bertz CT molecular complexity index is 793. The van der Waals surface area contributed by atoms with E-state index < -0.39 is 0 Å². The predicted molar refractivity (Wildman–Crippen MR) is 84.0 cm³/mol. The van der Waals surface area contributed by atoms with Crippen molar-refractivity contribution in [3.63, 3.8) is 0 Å². The molecule has 2 heterocycles. The number of aromatic nitrogens is 3. The second-order valence-corrected chi connectivity index (χ2v) is 5.14. The van der Waals surface area contributed by atoms with Crippen molar-refractivity contribution in [1.82, 2.24) is 15.0 Å². The molecule has 3 rings (SSSR count). The average molecular weight is 296 g/mol. The number of hydrogen-bond donors (Lipinski definition) is 2.